The van der Waals surface area contributed by atoms with Crippen LogP contribution in [0.15, 0.2) is 16.6 Å². The number of hydrogen-bond donors (Lipinski definition) is 2. The Kier molecular flexibility index (Phi) is 7.58. The number of rotatable bonds is 3. The Bertz CT molecular complexity index is 480. The van der Waals surface area contributed by atoms with E-state index in [2.05, 4.69) is 26.1 Å². The summed E-state index contributed by atoms with van der Waals surface area (Å²) in [5, 5.41) is 14.4. The molecule has 0 unspecified atom stereocenters. The first-order valence-corrected chi connectivity index (χ1v) is 7.96. The number of halogens is 4. The molecule has 2 fully saturated rings. The molecule has 0 radical (unpaired) electrons. The van der Waals surface area contributed by atoms with E-state index >= 15 is 0 Å². The van der Waals surface area contributed by atoms with Gasteiger partial charge in [-0.15, -0.1) is 24.8 Å². The van der Waals surface area contributed by atoms with E-state index in [-0.39, 0.29) is 24.8 Å². The molecule has 1 aliphatic heterocycles. The number of hydrogen-bond acceptors (Lipinski definition) is 3. The summed E-state index contributed by atoms with van der Waals surface area (Å²) in [4.78, 5) is 2.48. The minimum absolute atomic E-state index is 0. The van der Waals surface area contributed by atoms with Crippen molar-refractivity contribution in [3.05, 3.63) is 27.2 Å². The van der Waals surface area contributed by atoms with Gasteiger partial charge in [0.25, 0.3) is 0 Å². The van der Waals surface area contributed by atoms with Gasteiger partial charge in [-0.1, -0.05) is 11.6 Å². The summed E-state index contributed by atoms with van der Waals surface area (Å²) in [6, 6.07) is 3.98. The monoisotopic (exact) mass is 416 g/mol. The molecule has 1 aromatic rings. The minimum Gasteiger partial charge on any atom is -0.506 e. The molecule has 1 aromatic carbocycles. The van der Waals surface area contributed by atoms with E-state index in [1.165, 1.54) is 12.8 Å². The fourth-order valence-corrected chi connectivity index (χ4v) is 3.77. The summed E-state index contributed by atoms with van der Waals surface area (Å²) in [5.41, 5.74) is 0.976. The maximum Gasteiger partial charge on any atom is 0.134 e. The summed E-state index contributed by atoms with van der Waals surface area (Å²) in [5.74, 6) is 1.01. The molecule has 1 atom stereocenters. The highest BCUT2D eigenvalue weighted by atomic mass is 79.9. The number of nitrogens with zero attached hydrogens (tertiary/aromatic N) is 1. The van der Waals surface area contributed by atoms with E-state index in [4.69, 9.17) is 11.6 Å². The van der Waals surface area contributed by atoms with Crippen LogP contribution in [0.1, 0.15) is 24.4 Å². The smallest absolute Gasteiger partial charge is 0.134 e. The summed E-state index contributed by atoms with van der Waals surface area (Å²) in [6.07, 6.45) is 2.50. The summed E-state index contributed by atoms with van der Waals surface area (Å²) >= 11 is 9.55. The molecule has 2 aliphatic rings. The van der Waals surface area contributed by atoms with Gasteiger partial charge in [0.1, 0.15) is 5.75 Å². The molecule has 1 heterocycles. The maximum absolute atomic E-state index is 10.4. The van der Waals surface area contributed by atoms with Gasteiger partial charge >= 0.3 is 0 Å². The van der Waals surface area contributed by atoms with Crippen LogP contribution in [0, 0.1) is 5.92 Å². The molecule has 21 heavy (non-hydrogen) atoms. The maximum atomic E-state index is 10.4. The van der Waals surface area contributed by atoms with Gasteiger partial charge in [0, 0.05) is 42.8 Å². The van der Waals surface area contributed by atoms with Crippen LogP contribution >= 0.6 is 52.3 Å². The first-order chi connectivity index (χ1) is 9.16. The number of aromatic hydroxyl groups is 1. The first kappa shape index (κ1) is 19.3. The van der Waals surface area contributed by atoms with Crippen LogP contribution in [0.3, 0.4) is 0 Å². The van der Waals surface area contributed by atoms with Gasteiger partial charge in [0.05, 0.1) is 4.47 Å². The second-order valence-electron chi connectivity index (χ2n) is 5.39. The van der Waals surface area contributed by atoms with Gasteiger partial charge < -0.3 is 10.4 Å². The second kappa shape index (κ2) is 8.23. The normalized spacial score (nSPS) is 20.3. The molecular formula is C14H20BrCl3N2O. The molecule has 3 nitrogen and oxygen atoms in total. The topological polar surface area (TPSA) is 35.5 Å². The standard InChI is InChI=1S/C14H18BrClN2O.2ClH/c15-12-8-10(16)7-11(14(12)19)13(9-1-2-9)18-5-3-17-4-6-18;;/h7-9,13,17,19H,1-6H2;2*1H/t13-;;/m0../s1. The van der Waals surface area contributed by atoms with Crippen molar-refractivity contribution in [2.45, 2.75) is 18.9 Å². The lowest BCUT2D eigenvalue weighted by Crippen LogP contribution is -2.45. The number of benzene rings is 1. The SMILES string of the molecule is Cl.Cl.Oc1c(Br)cc(Cl)cc1[C@H](C1CC1)N1CCNCC1. The molecule has 3 rings (SSSR count). The Balaban J connectivity index is 0.00000110. The van der Waals surface area contributed by atoms with Crippen LogP contribution < -0.4 is 5.32 Å². The van der Waals surface area contributed by atoms with Crippen LogP contribution in [0.2, 0.25) is 5.02 Å². The number of piperazine rings is 1. The Labute approximate surface area is 151 Å². The van der Waals surface area contributed by atoms with Crippen molar-refractivity contribution in [1.82, 2.24) is 10.2 Å². The third kappa shape index (κ3) is 4.40. The molecule has 120 valence electrons. The van der Waals surface area contributed by atoms with Gasteiger partial charge in [0.15, 0.2) is 0 Å². The number of phenolic OH excluding ortho intramolecular Hbond substituents is 1. The third-order valence-corrected chi connectivity index (χ3v) is 4.81. The fourth-order valence-electron chi connectivity index (χ4n) is 2.93. The van der Waals surface area contributed by atoms with Crippen molar-refractivity contribution in [3.8, 4) is 5.75 Å². The summed E-state index contributed by atoms with van der Waals surface area (Å²) in [7, 11) is 0. The average molecular weight is 419 g/mol. The van der Waals surface area contributed by atoms with E-state index in [0.717, 1.165) is 31.7 Å². The van der Waals surface area contributed by atoms with Gasteiger partial charge in [-0.25, -0.2) is 0 Å². The zero-order valence-corrected chi connectivity index (χ0v) is 15.5. The largest absolute Gasteiger partial charge is 0.506 e. The molecule has 1 aliphatic carbocycles. The molecule has 7 heteroatoms. The van der Waals surface area contributed by atoms with E-state index in [0.29, 0.717) is 27.2 Å². The highest BCUT2D eigenvalue weighted by molar-refractivity contribution is 9.10. The minimum atomic E-state index is 0. The predicted molar refractivity (Wildman–Crippen MR) is 95.2 cm³/mol. The van der Waals surface area contributed by atoms with Crippen molar-refractivity contribution in [3.63, 3.8) is 0 Å². The van der Waals surface area contributed by atoms with Crippen LogP contribution in [-0.4, -0.2) is 36.2 Å². The highest BCUT2D eigenvalue weighted by Gasteiger charge is 2.38. The summed E-state index contributed by atoms with van der Waals surface area (Å²) < 4.78 is 0.691. The van der Waals surface area contributed by atoms with E-state index < -0.39 is 0 Å². The van der Waals surface area contributed by atoms with E-state index in [1.807, 2.05) is 6.07 Å². The van der Waals surface area contributed by atoms with Crippen LogP contribution in [0.4, 0.5) is 0 Å². The number of nitrogens with one attached hydrogen (secondary N) is 1. The van der Waals surface area contributed by atoms with Gasteiger partial charge in [-0.3, -0.25) is 4.90 Å². The predicted octanol–water partition coefficient (Wildman–Crippen LogP) is 4.01. The molecule has 1 saturated carbocycles. The Morgan fingerprint density at radius 3 is 2.43 bits per heavy atom. The molecule has 0 spiro atoms. The lowest BCUT2D eigenvalue weighted by Gasteiger charge is -2.36. The van der Waals surface area contributed by atoms with E-state index in [9.17, 15) is 5.11 Å². The lowest BCUT2D eigenvalue weighted by molar-refractivity contribution is 0.153. The fraction of sp³-hybridized carbons (Fsp3) is 0.571. The quantitative estimate of drug-likeness (QED) is 0.779. The molecule has 2 N–H and O–H groups in total. The van der Waals surface area contributed by atoms with Crippen LogP contribution in [0.25, 0.3) is 0 Å². The zero-order chi connectivity index (χ0) is 13.4. The molecule has 0 amide bonds. The molecule has 1 saturated heterocycles. The first-order valence-electron chi connectivity index (χ1n) is 6.79. The molecule has 0 aromatic heterocycles. The van der Waals surface area contributed by atoms with Gasteiger partial charge in [-0.2, -0.15) is 0 Å². The van der Waals surface area contributed by atoms with Gasteiger partial charge in [-0.05, 0) is 46.8 Å². The second-order valence-corrected chi connectivity index (χ2v) is 6.68. The van der Waals surface area contributed by atoms with Crippen molar-refractivity contribution in [2.24, 2.45) is 5.92 Å². The summed E-state index contributed by atoms with van der Waals surface area (Å²) in [6.45, 7) is 4.10. The Morgan fingerprint density at radius 1 is 1.24 bits per heavy atom. The van der Waals surface area contributed by atoms with Crippen molar-refractivity contribution < 1.29 is 5.11 Å². The Hall–Kier alpha value is 0.290. The highest BCUT2D eigenvalue weighted by Crippen LogP contribution is 2.48. The third-order valence-electron chi connectivity index (χ3n) is 3.99. The average Bonchev–Trinajstić information content (AvgIpc) is 3.21. The Morgan fingerprint density at radius 2 is 1.86 bits per heavy atom. The van der Waals surface area contributed by atoms with Crippen LogP contribution in [-0.2, 0) is 0 Å². The van der Waals surface area contributed by atoms with Crippen molar-refractivity contribution in [2.75, 3.05) is 26.2 Å². The van der Waals surface area contributed by atoms with Gasteiger partial charge in [0.2, 0.25) is 0 Å². The van der Waals surface area contributed by atoms with E-state index in [1.54, 1.807) is 6.07 Å². The van der Waals surface area contributed by atoms with Crippen molar-refractivity contribution in [1.29, 1.82) is 0 Å². The zero-order valence-electron chi connectivity index (χ0n) is 11.5. The molecule has 0 bridgehead atoms. The molecular weight excluding hydrogens is 398 g/mol. The van der Waals surface area contributed by atoms with Crippen molar-refractivity contribution >= 4 is 52.3 Å². The van der Waals surface area contributed by atoms with Crippen LogP contribution in [0.5, 0.6) is 5.75 Å². The number of phenols is 1. The lowest BCUT2D eigenvalue weighted by atomic mass is 9.99.